The van der Waals surface area contributed by atoms with Gasteiger partial charge in [0, 0.05) is 11.6 Å². The quantitative estimate of drug-likeness (QED) is 0.772. The van der Waals surface area contributed by atoms with Crippen LogP contribution in [0.5, 0.6) is 0 Å². The number of allylic oxidation sites excluding steroid dienone is 1. The van der Waals surface area contributed by atoms with Crippen molar-refractivity contribution in [3.63, 3.8) is 0 Å². The van der Waals surface area contributed by atoms with Gasteiger partial charge in [0.15, 0.2) is 0 Å². The molecule has 0 aromatic heterocycles. The van der Waals surface area contributed by atoms with Gasteiger partial charge in [-0.1, -0.05) is 30.3 Å². The second-order valence-electron chi connectivity index (χ2n) is 4.36. The van der Waals surface area contributed by atoms with Crippen molar-refractivity contribution in [3.05, 3.63) is 41.5 Å². The number of hydrogen-bond donors (Lipinski definition) is 1. The number of benzene rings is 1. The highest BCUT2D eigenvalue weighted by molar-refractivity contribution is 6.00. The van der Waals surface area contributed by atoms with Crippen molar-refractivity contribution < 1.29 is 4.79 Å². The highest BCUT2D eigenvalue weighted by atomic mass is 16.1. The Morgan fingerprint density at radius 1 is 1.19 bits per heavy atom. The molecule has 1 N–H and O–H groups in total. The Hall–Kier alpha value is -1.57. The fourth-order valence-electron chi connectivity index (χ4n) is 1.60. The van der Waals surface area contributed by atoms with Crippen molar-refractivity contribution in [1.82, 2.24) is 5.32 Å². The number of rotatable bonds is 3. The summed E-state index contributed by atoms with van der Waals surface area (Å²) in [4.78, 5) is 11.8. The molecular weight excluding hydrogens is 198 g/mol. The molecule has 1 saturated carbocycles. The van der Waals surface area contributed by atoms with Gasteiger partial charge in [0.1, 0.15) is 0 Å². The maximum absolute atomic E-state index is 11.8. The Labute approximate surface area is 96.4 Å². The molecule has 0 bridgehead atoms. The molecule has 0 heterocycles. The van der Waals surface area contributed by atoms with E-state index >= 15 is 0 Å². The van der Waals surface area contributed by atoms with E-state index in [4.69, 9.17) is 0 Å². The van der Waals surface area contributed by atoms with Crippen LogP contribution in [-0.2, 0) is 4.79 Å². The lowest BCUT2D eigenvalue weighted by molar-refractivity contribution is -0.117. The average molecular weight is 215 g/mol. The smallest absolute Gasteiger partial charge is 0.247 e. The molecule has 0 radical (unpaired) electrons. The molecule has 2 nitrogen and oxygen atoms in total. The predicted molar refractivity (Wildman–Crippen MR) is 65.9 cm³/mol. The standard InChI is InChI=1S/C14H17NO/c1-10(12-6-4-3-5-7-12)11(2)14(16)15-13-8-9-13/h3-7,13H,8-9H2,1-2H3,(H,15,16)/b11-10-. The number of hydrogen-bond acceptors (Lipinski definition) is 1. The molecule has 0 aliphatic heterocycles. The fourth-order valence-corrected chi connectivity index (χ4v) is 1.60. The molecule has 2 rings (SSSR count). The van der Waals surface area contributed by atoms with Crippen LogP contribution in [0.4, 0.5) is 0 Å². The zero-order valence-electron chi connectivity index (χ0n) is 9.79. The second-order valence-corrected chi connectivity index (χ2v) is 4.36. The molecule has 1 aromatic carbocycles. The van der Waals surface area contributed by atoms with E-state index in [2.05, 4.69) is 5.32 Å². The van der Waals surface area contributed by atoms with Crippen LogP contribution < -0.4 is 5.32 Å². The molecule has 0 atom stereocenters. The third-order valence-corrected chi connectivity index (χ3v) is 3.02. The highest BCUT2D eigenvalue weighted by Crippen LogP contribution is 2.21. The molecule has 16 heavy (non-hydrogen) atoms. The fraction of sp³-hybridized carbons (Fsp3) is 0.357. The topological polar surface area (TPSA) is 29.1 Å². The highest BCUT2D eigenvalue weighted by Gasteiger charge is 2.24. The maximum Gasteiger partial charge on any atom is 0.247 e. The van der Waals surface area contributed by atoms with Crippen molar-refractivity contribution in [1.29, 1.82) is 0 Å². The first kappa shape index (κ1) is 10.9. The van der Waals surface area contributed by atoms with Crippen molar-refractivity contribution in [2.75, 3.05) is 0 Å². The predicted octanol–water partition coefficient (Wildman–Crippen LogP) is 2.76. The van der Waals surface area contributed by atoms with E-state index in [9.17, 15) is 4.79 Å². The van der Waals surface area contributed by atoms with Crippen LogP contribution in [0.15, 0.2) is 35.9 Å². The van der Waals surface area contributed by atoms with Crippen LogP contribution in [-0.4, -0.2) is 11.9 Å². The summed E-state index contributed by atoms with van der Waals surface area (Å²) in [5.41, 5.74) is 2.99. The third kappa shape index (κ3) is 2.51. The lowest BCUT2D eigenvalue weighted by Crippen LogP contribution is -2.26. The Morgan fingerprint density at radius 2 is 1.81 bits per heavy atom. The maximum atomic E-state index is 11.8. The monoisotopic (exact) mass is 215 g/mol. The lowest BCUT2D eigenvalue weighted by atomic mass is 10.0. The Morgan fingerprint density at radius 3 is 2.38 bits per heavy atom. The summed E-state index contributed by atoms with van der Waals surface area (Å²) in [5.74, 6) is 0.0730. The summed E-state index contributed by atoms with van der Waals surface area (Å²) in [5, 5.41) is 3.01. The lowest BCUT2D eigenvalue weighted by Gasteiger charge is -2.08. The van der Waals surface area contributed by atoms with Crippen LogP contribution in [0.25, 0.3) is 5.57 Å². The van der Waals surface area contributed by atoms with E-state index in [0.29, 0.717) is 6.04 Å². The average Bonchev–Trinajstić information content (AvgIpc) is 3.12. The largest absolute Gasteiger partial charge is 0.350 e. The number of nitrogens with one attached hydrogen (secondary N) is 1. The SMILES string of the molecule is C/C(C(=O)NC1CC1)=C(\C)c1ccccc1. The molecule has 1 aromatic rings. The molecule has 0 spiro atoms. The van der Waals surface area contributed by atoms with Gasteiger partial charge < -0.3 is 5.32 Å². The molecule has 0 saturated heterocycles. The van der Waals surface area contributed by atoms with E-state index in [0.717, 1.165) is 29.6 Å². The molecule has 1 amide bonds. The summed E-state index contributed by atoms with van der Waals surface area (Å²) in [6.45, 7) is 3.89. The molecule has 2 heteroatoms. The second kappa shape index (κ2) is 4.52. The van der Waals surface area contributed by atoms with Crippen LogP contribution in [0.2, 0.25) is 0 Å². The van der Waals surface area contributed by atoms with Crippen molar-refractivity contribution >= 4 is 11.5 Å². The van der Waals surface area contributed by atoms with Gasteiger partial charge in [-0.3, -0.25) is 4.79 Å². The molecule has 1 fully saturated rings. The third-order valence-electron chi connectivity index (χ3n) is 3.02. The summed E-state index contributed by atoms with van der Waals surface area (Å²) in [6, 6.07) is 10.4. The van der Waals surface area contributed by atoms with Crippen LogP contribution >= 0.6 is 0 Å². The summed E-state index contributed by atoms with van der Waals surface area (Å²) in [6.07, 6.45) is 2.26. The van der Waals surface area contributed by atoms with Gasteiger partial charge in [0.05, 0.1) is 0 Å². The summed E-state index contributed by atoms with van der Waals surface area (Å²) < 4.78 is 0. The van der Waals surface area contributed by atoms with Gasteiger partial charge in [-0.05, 0) is 37.8 Å². The van der Waals surface area contributed by atoms with E-state index < -0.39 is 0 Å². The number of amides is 1. The normalized spacial score (nSPS) is 16.6. The van der Waals surface area contributed by atoms with Crippen LogP contribution in [0.1, 0.15) is 32.3 Å². The zero-order chi connectivity index (χ0) is 11.5. The van der Waals surface area contributed by atoms with E-state index in [1.165, 1.54) is 0 Å². The molecule has 84 valence electrons. The van der Waals surface area contributed by atoms with Gasteiger partial charge in [-0.15, -0.1) is 0 Å². The number of carbonyl (C=O) groups excluding carboxylic acids is 1. The van der Waals surface area contributed by atoms with E-state index in [-0.39, 0.29) is 5.91 Å². The molecule has 1 aliphatic rings. The van der Waals surface area contributed by atoms with Crippen molar-refractivity contribution in [3.8, 4) is 0 Å². The van der Waals surface area contributed by atoms with Crippen molar-refractivity contribution in [2.45, 2.75) is 32.7 Å². The minimum Gasteiger partial charge on any atom is -0.350 e. The van der Waals surface area contributed by atoms with E-state index in [1.54, 1.807) is 0 Å². The first-order valence-electron chi connectivity index (χ1n) is 5.72. The van der Waals surface area contributed by atoms with Gasteiger partial charge in [-0.25, -0.2) is 0 Å². The van der Waals surface area contributed by atoms with Gasteiger partial charge in [0.2, 0.25) is 5.91 Å². The molecular formula is C14H17NO. The van der Waals surface area contributed by atoms with Crippen LogP contribution in [0, 0.1) is 0 Å². The minimum atomic E-state index is 0.0730. The first-order chi connectivity index (χ1) is 7.68. The van der Waals surface area contributed by atoms with E-state index in [1.807, 2.05) is 44.2 Å². The van der Waals surface area contributed by atoms with Gasteiger partial charge in [-0.2, -0.15) is 0 Å². The van der Waals surface area contributed by atoms with Crippen molar-refractivity contribution in [2.24, 2.45) is 0 Å². The van der Waals surface area contributed by atoms with Crippen LogP contribution in [0.3, 0.4) is 0 Å². The number of carbonyl (C=O) groups is 1. The Kier molecular flexibility index (Phi) is 3.09. The zero-order valence-corrected chi connectivity index (χ0v) is 9.79. The van der Waals surface area contributed by atoms with Gasteiger partial charge >= 0.3 is 0 Å². The summed E-state index contributed by atoms with van der Waals surface area (Å²) >= 11 is 0. The Bertz CT molecular complexity index is 416. The molecule has 1 aliphatic carbocycles. The molecule has 0 unspecified atom stereocenters. The Balaban J connectivity index is 2.16. The minimum absolute atomic E-state index is 0.0730. The summed E-state index contributed by atoms with van der Waals surface area (Å²) in [7, 11) is 0. The first-order valence-corrected chi connectivity index (χ1v) is 5.72. The van der Waals surface area contributed by atoms with Gasteiger partial charge in [0.25, 0.3) is 0 Å².